The van der Waals surface area contributed by atoms with Crippen LogP contribution in [0.4, 0.5) is 11.4 Å². The zero-order chi connectivity index (χ0) is 12.4. The molecular formula is C13H20IN3. The molecule has 4 heteroatoms. The Morgan fingerprint density at radius 1 is 1.35 bits per heavy atom. The van der Waals surface area contributed by atoms with Crippen molar-refractivity contribution < 1.29 is 0 Å². The molecule has 0 spiro atoms. The lowest BCUT2D eigenvalue weighted by Gasteiger charge is -2.36. The molecule has 1 aliphatic rings. The molecule has 0 amide bonds. The normalized spacial score (nSPS) is 18.3. The molecule has 17 heavy (non-hydrogen) atoms. The van der Waals surface area contributed by atoms with Crippen LogP contribution in [0.1, 0.15) is 12.8 Å². The summed E-state index contributed by atoms with van der Waals surface area (Å²) in [4.78, 5) is 4.74. The van der Waals surface area contributed by atoms with E-state index in [0.717, 1.165) is 5.69 Å². The van der Waals surface area contributed by atoms with Crippen LogP contribution in [0.3, 0.4) is 0 Å². The van der Waals surface area contributed by atoms with Crippen molar-refractivity contribution in [2.24, 2.45) is 0 Å². The number of likely N-dealkylation sites (tertiary alicyclic amines) is 1. The molecule has 2 rings (SSSR count). The Morgan fingerprint density at radius 3 is 2.59 bits per heavy atom. The summed E-state index contributed by atoms with van der Waals surface area (Å²) in [5.41, 5.74) is 8.15. The molecule has 1 aromatic carbocycles. The first-order chi connectivity index (χ1) is 8.08. The Bertz CT molecular complexity index is 386. The van der Waals surface area contributed by atoms with Gasteiger partial charge < -0.3 is 15.5 Å². The topological polar surface area (TPSA) is 32.5 Å². The van der Waals surface area contributed by atoms with Crippen molar-refractivity contribution in [3.63, 3.8) is 0 Å². The molecule has 1 heterocycles. The van der Waals surface area contributed by atoms with Crippen molar-refractivity contribution in [3.05, 3.63) is 21.8 Å². The molecule has 0 atom stereocenters. The van der Waals surface area contributed by atoms with Gasteiger partial charge in [-0.1, -0.05) is 0 Å². The Morgan fingerprint density at radius 2 is 2.00 bits per heavy atom. The highest BCUT2D eigenvalue weighted by atomic mass is 127. The van der Waals surface area contributed by atoms with Crippen molar-refractivity contribution in [3.8, 4) is 0 Å². The summed E-state index contributed by atoms with van der Waals surface area (Å²) in [6.45, 7) is 2.36. The van der Waals surface area contributed by atoms with Crippen molar-refractivity contribution in [2.75, 3.05) is 37.8 Å². The minimum Gasteiger partial charge on any atom is -0.397 e. The van der Waals surface area contributed by atoms with E-state index in [4.69, 9.17) is 5.73 Å². The van der Waals surface area contributed by atoms with Crippen LogP contribution in [0.15, 0.2) is 18.2 Å². The van der Waals surface area contributed by atoms with Gasteiger partial charge in [-0.05, 0) is 73.8 Å². The van der Waals surface area contributed by atoms with E-state index < -0.39 is 0 Å². The second-order valence-corrected chi connectivity index (χ2v) is 6.09. The third-order valence-electron chi connectivity index (χ3n) is 3.61. The number of benzene rings is 1. The number of hydrogen-bond acceptors (Lipinski definition) is 3. The maximum absolute atomic E-state index is 6.10. The lowest BCUT2D eigenvalue weighted by atomic mass is 10.0. The van der Waals surface area contributed by atoms with Gasteiger partial charge in [-0.2, -0.15) is 0 Å². The standard InChI is InChI=1S/C13H20IN3/c1-16-7-5-11(6-8-16)17(2)13-4-3-10(14)9-12(13)15/h3-4,9,11H,5-8,15H2,1-2H3. The van der Waals surface area contributed by atoms with E-state index in [1.165, 1.54) is 35.2 Å². The summed E-state index contributed by atoms with van der Waals surface area (Å²) in [6.07, 6.45) is 2.44. The van der Waals surface area contributed by atoms with Gasteiger partial charge in [-0.3, -0.25) is 0 Å². The SMILES string of the molecule is CN1CCC(N(C)c2ccc(I)cc2N)CC1. The average Bonchev–Trinajstić information content (AvgIpc) is 2.29. The van der Waals surface area contributed by atoms with Gasteiger partial charge in [0, 0.05) is 16.7 Å². The smallest absolute Gasteiger partial charge is 0.0600 e. The fourth-order valence-corrected chi connectivity index (χ4v) is 2.94. The molecule has 0 aromatic heterocycles. The van der Waals surface area contributed by atoms with E-state index in [-0.39, 0.29) is 0 Å². The van der Waals surface area contributed by atoms with E-state index in [0.29, 0.717) is 6.04 Å². The molecule has 1 fully saturated rings. The summed E-state index contributed by atoms with van der Waals surface area (Å²) in [6, 6.07) is 6.92. The molecule has 0 aliphatic carbocycles. The van der Waals surface area contributed by atoms with Crippen LogP contribution in [0.5, 0.6) is 0 Å². The van der Waals surface area contributed by atoms with Crippen LogP contribution in [0.25, 0.3) is 0 Å². The van der Waals surface area contributed by atoms with Crippen molar-refractivity contribution in [2.45, 2.75) is 18.9 Å². The van der Waals surface area contributed by atoms with Gasteiger partial charge in [-0.25, -0.2) is 0 Å². The second-order valence-electron chi connectivity index (χ2n) is 4.85. The molecular weight excluding hydrogens is 325 g/mol. The van der Waals surface area contributed by atoms with E-state index in [9.17, 15) is 0 Å². The average molecular weight is 345 g/mol. The first-order valence-electron chi connectivity index (χ1n) is 6.04. The first-order valence-corrected chi connectivity index (χ1v) is 7.12. The van der Waals surface area contributed by atoms with Gasteiger partial charge in [0.15, 0.2) is 0 Å². The summed E-state index contributed by atoms with van der Waals surface area (Å²) >= 11 is 2.30. The Labute approximate surface area is 117 Å². The van der Waals surface area contributed by atoms with Crippen molar-refractivity contribution in [1.82, 2.24) is 4.90 Å². The van der Waals surface area contributed by atoms with E-state index in [1.807, 2.05) is 6.07 Å². The van der Waals surface area contributed by atoms with Crippen LogP contribution in [0.2, 0.25) is 0 Å². The second kappa shape index (κ2) is 5.44. The highest BCUT2D eigenvalue weighted by Crippen LogP contribution is 2.28. The number of halogens is 1. The minimum atomic E-state index is 0.619. The zero-order valence-corrected chi connectivity index (χ0v) is 12.6. The molecule has 0 bridgehead atoms. The fourth-order valence-electron chi connectivity index (χ4n) is 2.43. The van der Waals surface area contributed by atoms with Gasteiger partial charge in [0.25, 0.3) is 0 Å². The molecule has 1 saturated heterocycles. The van der Waals surface area contributed by atoms with Crippen LogP contribution >= 0.6 is 22.6 Å². The number of nitrogens with zero attached hydrogens (tertiary/aromatic N) is 2. The molecule has 1 aromatic rings. The summed E-state index contributed by atoms with van der Waals surface area (Å²) in [5.74, 6) is 0. The molecule has 3 nitrogen and oxygen atoms in total. The fraction of sp³-hybridized carbons (Fsp3) is 0.538. The van der Waals surface area contributed by atoms with Gasteiger partial charge in [0.05, 0.1) is 11.4 Å². The molecule has 0 radical (unpaired) electrons. The lowest BCUT2D eigenvalue weighted by Crippen LogP contribution is -2.42. The maximum atomic E-state index is 6.10. The van der Waals surface area contributed by atoms with Crippen LogP contribution in [-0.4, -0.2) is 38.1 Å². The molecule has 2 N–H and O–H groups in total. The molecule has 1 aliphatic heterocycles. The van der Waals surface area contributed by atoms with E-state index in [1.54, 1.807) is 0 Å². The Kier molecular flexibility index (Phi) is 4.14. The van der Waals surface area contributed by atoms with Crippen LogP contribution in [0, 0.1) is 3.57 Å². The molecule has 94 valence electrons. The highest BCUT2D eigenvalue weighted by Gasteiger charge is 2.21. The monoisotopic (exact) mass is 345 g/mol. The van der Waals surface area contributed by atoms with Gasteiger partial charge >= 0.3 is 0 Å². The number of anilines is 2. The van der Waals surface area contributed by atoms with Crippen LogP contribution in [-0.2, 0) is 0 Å². The van der Waals surface area contributed by atoms with Gasteiger partial charge in [0.1, 0.15) is 0 Å². The zero-order valence-electron chi connectivity index (χ0n) is 10.5. The Balaban J connectivity index is 2.11. The lowest BCUT2D eigenvalue weighted by molar-refractivity contribution is 0.253. The number of rotatable bonds is 2. The summed E-state index contributed by atoms with van der Waals surface area (Å²) < 4.78 is 1.20. The van der Waals surface area contributed by atoms with Gasteiger partial charge in [-0.15, -0.1) is 0 Å². The summed E-state index contributed by atoms with van der Waals surface area (Å²) in [5, 5.41) is 0. The minimum absolute atomic E-state index is 0.619. The predicted molar refractivity (Wildman–Crippen MR) is 82.5 cm³/mol. The van der Waals surface area contributed by atoms with Gasteiger partial charge in [0.2, 0.25) is 0 Å². The first kappa shape index (κ1) is 13.0. The quantitative estimate of drug-likeness (QED) is 0.660. The number of hydrogen-bond donors (Lipinski definition) is 1. The number of piperidine rings is 1. The largest absolute Gasteiger partial charge is 0.397 e. The molecule has 0 saturated carbocycles. The van der Waals surface area contributed by atoms with Crippen molar-refractivity contribution in [1.29, 1.82) is 0 Å². The number of nitrogens with two attached hydrogens (primary N) is 1. The van der Waals surface area contributed by atoms with E-state index >= 15 is 0 Å². The van der Waals surface area contributed by atoms with Crippen LogP contribution < -0.4 is 10.6 Å². The number of nitrogen functional groups attached to an aromatic ring is 1. The highest BCUT2D eigenvalue weighted by molar-refractivity contribution is 14.1. The predicted octanol–water partition coefficient (Wildman–Crippen LogP) is 2.40. The summed E-state index contributed by atoms with van der Waals surface area (Å²) in [7, 11) is 4.35. The third-order valence-corrected chi connectivity index (χ3v) is 4.28. The molecule has 0 unspecified atom stereocenters. The third kappa shape index (κ3) is 3.04. The maximum Gasteiger partial charge on any atom is 0.0600 e. The van der Waals surface area contributed by atoms with Crippen molar-refractivity contribution >= 4 is 34.0 Å². The van der Waals surface area contributed by atoms with E-state index in [2.05, 4.69) is 58.6 Å². The Hall–Kier alpha value is -0.490.